The van der Waals surface area contributed by atoms with Crippen molar-refractivity contribution in [1.29, 1.82) is 0 Å². The summed E-state index contributed by atoms with van der Waals surface area (Å²) in [6.45, 7) is 1.99. The lowest BCUT2D eigenvalue weighted by Crippen LogP contribution is -1.97. The maximum Gasteiger partial charge on any atom is 0.139 e. The molecule has 4 heteroatoms. The zero-order valence-electron chi connectivity index (χ0n) is 6.65. The Morgan fingerprint density at radius 1 is 1.58 bits per heavy atom. The predicted octanol–water partition coefficient (Wildman–Crippen LogP) is 1.42. The van der Waals surface area contributed by atoms with Crippen LogP contribution in [0.2, 0.25) is 0 Å². The smallest absolute Gasteiger partial charge is 0.139 e. The van der Waals surface area contributed by atoms with E-state index in [1.54, 1.807) is 18.2 Å². The molecule has 1 aromatic rings. The Labute approximate surface area is 73.9 Å². The largest absolute Gasteiger partial charge is 0.740 e. The normalized spacial score (nSPS) is 12.5. The van der Waals surface area contributed by atoms with Gasteiger partial charge in [-0.3, -0.25) is 0 Å². The van der Waals surface area contributed by atoms with Crippen LogP contribution in [0.1, 0.15) is 12.5 Å². The second kappa shape index (κ2) is 4.23. The van der Waals surface area contributed by atoms with E-state index in [2.05, 4.69) is 4.18 Å². The molecule has 0 radical (unpaired) electrons. The molecule has 0 N–H and O–H groups in total. The van der Waals surface area contributed by atoms with Gasteiger partial charge in [0.15, 0.2) is 0 Å². The highest BCUT2D eigenvalue weighted by molar-refractivity contribution is 7.74. The zero-order valence-corrected chi connectivity index (χ0v) is 7.47. The summed E-state index contributed by atoms with van der Waals surface area (Å²) in [5.41, 5.74) is 1.05. The third-order valence-corrected chi connectivity index (χ3v) is 1.80. The van der Waals surface area contributed by atoms with E-state index >= 15 is 0 Å². The first-order chi connectivity index (χ1) is 5.72. The molecule has 66 valence electrons. The maximum absolute atomic E-state index is 10.1. The summed E-state index contributed by atoms with van der Waals surface area (Å²) in [4.78, 5) is 0. The molecule has 1 aromatic carbocycles. The number of hydrogen-bond donors (Lipinski definition) is 0. The molecule has 1 atom stereocenters. The summed E-state index contributed by atoms with van der Waals surface area (Å²) in [5, 5.41) is 0. The van der Waals surface area contributed by atoms with E-state index in [1.807, 2.05) is 13.0 Å². The van der Waals surface area contributed by atoms with Crippen molar-refractivity contribution >= 4 is 11.4 Å². The molecular weight excluding hydrogens is 176 g/mol. The number of rotatable bonds is 3. The minimum atomic E-state index is -2.48. The molecule has 0 aliphatic carbocycles. The summed E-state index contributed by atoms with van der Waals surface area (Å²) in [6.07, 6.45) is 0.864. The van der Waals surface area contributed by atoms with Crippen LogP contribution >= 0.6 is 0 Å². The molecule has 12 heavy (non-hydrogen) atoms. The lowest BCUT2D eigenvalue weighted by molar-refractivity contribution is 0.440. The topological polar surface area (TPSA) is 49.4 Å². The Hall–Kier alpha value is -0.870. The molecule has 0 spiro atoms. The second-order valence-corrected chi connectivity index (χ2v) is 2.86. The fourth-order valence-electron chi connectivity index (χ4n) is 0.896. The molecule has 1 rings (SSSR count). The average molecular weight is 185 g/mol. The summed E-state index contributed by atoms with van der Waals surface area (Å²) in [6, 6.07) is 6.99. The Kier molecular flexibility index (Phi) is 3.25. The summed E-state index contributed by atoms with van der Waals surface area (Å²) in [7, 11) is 0. The summed E-state index contributed by atoms with van der Waals surface area (Å²) in [5.74, 6) is 0.364. The fraction of sp³-hybridized carbons (Fsp3) is 0.250. The first-order valence-electron chi connectivity index (χ1n) is 3.59. The van der Waals surface area contributed by atoms with Crippen molar-refractivity contribution < 1.29 is 12.9 Å². The molecule has 0 heterocycles. The third-order valence-electron chi connectivity index (χ3n) is 1.47. The molecule has 0 fully saturated rings. The molecule has 0 aliphatic rings. The summed E-state index contributed by atoms with van der Waals surface area (Å²) < 4.78 is 24.8. The number of benzene rings is 1. The minimum absolute atomic E-state index is 0.364. The summed E-state index contributed by atoms with van der Waals surface area (Å²) >= 11 is -2.48. The van der Waals surface area contributed by atoms with Gasteiger partial charge < -0.3 is 8.74 Å². The standard InChI is InChI=1S/C8H10O3S/c1-2-7-4-3-5-8(6-7)11-12(9)10/h3-6H,2H2,1H3,(H,9,10)/p-1. The van der Waals surface area contributed by atoms with E-state index in [-0.39, 0.29) is 0 Å². The molecule has 0 saturated carbocycles. The van der Waals surface area contributed by atoms with Gasteiger partial charge in [0.2, 0.25) is 0 Å². The monoisotopic (exact) mass is 185 g/mol. The van der Waals surface area contributed by atoms with Crippen molar-refractivity contribution in [3.05, 3.63) is 29.8 Å². The molecule has 0 amide bonds. The Balaban J connectivity index is 2.79. The van der Waals surface area contributed by atoms with E-state index in [1.165, 1.54) is 0 Å². The van der Waals surface area contributed by atoms with Crippen molar-refractivity contribution in [1.82, 2.24) is 0 Å². The first kappa shape index (κ1) is 9.22. The molecule has 0 aliphatic heterocycles. The third kappa shape index (κ3) is 2.64. The van der Waals surface area contributed by atoms with Crippen LogP contribution in [0.15, 0.2) is 24.3 Å². The zero-order chi connectivity index (χ0) is 8.97. The molecular formula is C8H9O3S-. The van der Waals surface area contributed by atoms with Crippen LogP contribution in [-0.4, -0.2) is 8.76 Å². The van der Waals surface area contributed by atoms with Crippen molar-refractivity contribution in [3.63, 3.8) is 0 Å². The van der Waals surface area contributed by atoms with Crippen LogP contribution in [0.3, 0.4) is 0 Å². The minimum Gasteiger partial charge on any atom is -0.740 e. The van der Waals surface area contributed by atoms with Crippen molar-refractivity contribution in [3.8, 4) is 5.75 Å². The molecule has 0 bridgehead atoms. The maximum atomic E-state index is 10.1. The first-order valence-corrected chi connectivity index (χ1v) is 4.59. The van der Waals surface area contributed by atoms with Crippen LogP contribution in [0, 0.1) is 0 Å². The quantitative estimate of drug-likeness (QED) is 0.669. The van der Waals surface area contributed by atoms with Crippen molar-refractivity contribution in [2.45, 2.75) is 13.3 Å². The van der Waals surface area contributed by atoms with E-state index in [4.69, 9.17) is 0 Å². The molecule has 1 unspecified atom stereocenters. The van der Waals surface area contributed by atoms with Crippen LogP contribution in [0.4, 0.5) is 0 Å². The second-order valence-electron chi connectivity index (χ2n) is 2.29. The van der Waals surface area contributed by atoms with Gasteiger partial charge in [-0.15, -0.1) is 0 Å². The lowest BCUT2D eigenvalue weighted by Gasteiger charge is -2.07. The SMILES string of the molecule is CCc1cccc(OS(=O)[O-])c1. The van der Waals surface area contributed by atoms with Gasteiger partial charge in [-0.2, -0.15) is 0 Å². The predicted molar refractivity (Wildman–Crippen MR) is 45.4 cm³/mol. The average Bonchev–Trinajstić information content (AvgIpc) is 2.03. The van der Waals surface area contributed by atoms with Gasteiger partial charge in [0.05, 0.1) is 0 Å². The van der Waals surface area contributed by atoms with Gasteiger partial charge in [-0.25, -0.2) is 4.21 Å². The Bertz CT molecular complexity index is 285. The number of aryl methyl sites for hydroxylation is 1. The number of hydrogen-bond acceptors (Lipinski definition) is 3. The Morgan fingerprint density at radius 3 is 2.92 bits per heavy atom. The van der Waals surface area contributed by atoms with Crippen molar-refractivity contribution in [2.24, 2.45) is 0 Å². The molecule has 0 saturated heterocycles. The van der Waals surface area contributed by atoms with Crippen LogP contribution in [0.25, 0.3) is 0 Å². The van der Waals surface area contributed by atoms with Crippen LogP contribution in [-0.2, 0) is 17.8 Å². The lowest BCUT2D eigenvalue weighted by atomic mass is 10.2. The van der Waals surface area contributed by atoms with Gasteiger partial charge in [-0.1, -0.05) is 19.1 Å². The van der Waals surface area contributed by atoms with Crippen LogP contribution in [0.5, 0.6) is 5.75 Å². The fourth-order valence-corrected chi connectivity index (χ4v) is 1.16. The van der Waals surface area contributed by atoms with Gasteiger partial charge in [-0.05, 0) is 24.1 Å². The van der Waals surface area contributed by atoms with Gasteiger partial charge >= 0.3 is 0 Å². The van der Waals surface area contributed by atoms with E-state index in [9.17, 15) is 8.76 Å². The molecule has 3 nitrogen and oxygen atoms in total. The Morgan fingerprint density at radius 2 is 2.33 bits per heavy atom. The van der Waals surface area contributed by atoms with Gasteiger partial charge in [0.1, 0.15) is 17.1 Å². The highest BCUT2D eigenvalue weighted by Gasteiger charge is 1.94. The van der Waals surface area contributed by atoms with E-state index in [0.717, 1.165) is 12.0 Å². The van der Waals surface area contributed by atoms with E-state index in [0.29, 0.717) is 5.75 Å². The van der Waals surface area contributed by atoms with Crippen LogP contribution < -0.4 is 4.18 Å². The highest BCUT2D eigenvalue weighted by atomic mass is 32.2. The van der Waals surface area contributed by atoms with Crippen molar-refractivity contribution in [2.75, 3.05) is 0 Å². The van der Waals surface area contributed by atoms with Gasteiger partial charge in [0.25, 0.3) is 0 Å². The van der Waals surface area contributed by atoms with Gasteiger partial charge in [0, 0.05) is 0 Å². The molecule has 0 aromatic heterocycles. The van der Waals surface area contributed by atoms with E-state index < -0.39 is 11.4 Å². The highest BCUT2D eigenvalue weighted by Crippen LogP contribution is 2.13.